The van der Waals surface area contributed by atoms with E-state index in [4.69, 9.17) is 4.98 Å². The van der Waals surface area contributed by atoms with Gasteiger partial charge in [0.15, 0.2) is 0 Å². The molecule has 2 heterocycles. The molecule has 0 aromatic carbocycles. The normalized spacial score (nSPS) is 16.8. The van der Waals surface area contributed by atoms with E-state index in [2.05, 4.69) is 17.1 Å². The first-order valence-corrected chi connectivity index (χ1v) is 7.49. The van der Waals surface area contributed by atoms with Gasteiger partial charge in [-0.15, -0.1) is 11.3 Å². The first kappa shape index (κ1) is 13.0. The SMILES string of the molecule is CCCc1nc(CN2CCCC2)sc1CNC. The van der Waals surface area contributed by atoms with Crippen LogP contribution in [0, 0.1) is 0 Å². The Morgan fingerprint density at radius 3 is 2.76 bits per heavy atom. The summed E-state index contributed by atoms with van der Waals surface area (Å²) in [5.74, 6) is 0. The predicted molar refractivity (Wildman–Crippen MR) is 73.4 cm³/mol. The van der Waals surface area contributed by atoms with E-state index < -0.39 is 0 Å². The summed E-state index contributed by atoms with van der Waals surface area (Å²) < 4.78 is 0. The number of aromatic nitrogens is 1. The van der Waals surface area contributed by atoms with Gasteiger partial charge in [0.25, 0.3) is 0 Å². The molecule has 0 radical (unpaired) electrons. The van der Waals surface area contributed by atoms with Crippen LogP contribution < -0.4 is 5.32 Å². The molecular weight excluding hydrogens is 230 g/mol. The molecule has 0 aliphatic carbocycles. The number of aryl methyl sites for hydroxylation is 1. The third-order valence-electron chi connectivity index (χ3n) is 3.20. The summed E-state index contributed by atoms with van der Waals surface area (Å²) in [6, 6.07) is 0. The van der Waals surface area contributed by atoms with Crippen molar-refractivity contribution < 1.29 is 0 Å². The molecule has 0 atom stereocenters. The van der Waals surface area contributed by atoms with E-state index in [1.807, 2.05) is 18.4 Å². The number of nitrogens with one attached hydrogen (secondary N) is 1. The minimum atomic E-state index is 0.965. The van der Waals surface area contributed by atoms with Crippen LogP contribution in [0.3, 0.4) is 0 Å². The highest BCUT2D eigenvalue weighted by Gasteiger charge is 2.15. The van der Waals surface area contributed by atoms with E-state index in [0.29, 0.717) is 0 Å². The Hall–Kier alpha value is -0.450. The van der Waals surface area contributed by atoms with Crippen LogP contribution in [0.2, 0.25) is 0 Å². The van der Waals surface area contributed by atoms with Crippen molar-refractivity contribution in [2.24, 2.45) is 0 Å². The van der Waals surface area contributed by atoms with Crippen LogP contribution in [0.4, 0.5) is 0 Å². The average Bonchev–Trinajstić information content (AvgIpc) is 2.91. The minimum Gasteiger partial charge on any atom is -0.315 e. The van der Waals surface area contributed by atoms with Crippen molar-refractivity contribution >= 4 is 11.3 Å². The molecule has 0 saturated carbocycles. The fourth-order valence-electron chi connectivity index (χ4n) is 2.37. The first-order valence-electron chi connectivity index (χ1n) is 6.68. The smallest absolute Gasteiger partial charge is 0.107 e. The van der Waals surface area contributed by atoms with Gasteiger partial charge in [-0.05, 0) is 39.4 Å². The summed E-state index contributed by atoms with van der Waals surface area (Å²) in [7, 11) is 2.01. The van der Waals surface area contributed by atoms with Crippen molar-refractivity contribution in [3.05, 3.63) is 15.6 Å². The number of rotatable bonds is 6. The lowest BCUT2D eigenvalue weighted by atomic mass is 10.2. The van der Waals surface area contributed by atoms with Crippen LogP contribution in [0.5, 0.6) is 0 Å². The van der Waals surface area contributed by atoms with Crippen molar-refractivity contribution in [3.63, 3.8) is 0 Å². The van der Waals surface area contributed by atoms with Crippen molar-refractivity contribution in [3.8, 4) is 0 Å². The standard InChI is InChI=1S/C13H23N3S/c1-3-6-11-12(9-14-2)17-13(15-11)10-16-7-4-5-8-16/h14H,3-10H2,1-2H3. The van der Waals surface area contributed by atoms with Gasteiger partial charge < -0.3 is 5.32 Å². The van der Waals surface area contributed by atoms with Crippen molar-refractivity contribution in [2.45, 2.75) is 45.7 Å². The summed E-state index contributed by atoms with van der Waals surface area (Å²) in [4.78, 5) is 8.78. The van der Waals surface area contributed by atoms with E-state index in [9.17, 15) is 0 Å². The molecular formula is C13H23N3S. The van der Waals surface area contributed by atoms with E-state index in [1.165, 1.54) is 47.9 Å². The predicted octanol–water partition coefficient (Wildman–Crippen LogP) is 2.41. The molecule has 96 valence electrons. The Morgan fingerprint density at radius 2 is 2.12 bits per heavy atom. The molecule has 1 aliphatic heterocycles. The van der Waals surface area contributed by atoms with Gasteiger partial charge in [0.05, 0.1) is 12.2 Å². The third-order valence-corrected chi connectivity index (χ3v) is 4.29. The van der Waals surface area contributed by atoms with Crippen molar-refractivity contribution in [1.82, 2.24) is 15.2 Å². The number of hydrogen-bond donors (Lipinski definition) is 1. The Labute approximate surface area is 108 Å². The second kappa shape index (κ2) is 6.47. The topological polar surface area (TPSA) is 28.2 Å². The van der Waals surface area contributed by atoms with Gasteiger partial charge in [0.2, 0.25) is 0 Å². The Morgan fingerprint density at radius 1 is 1.35 bits per heavy atom. The first-order chi connectivity index (χ1) is 8.33. The zero-order valence-corrected chi connectivity index (χ0v) is 11.8. The molecule has 0 unspecified atom stereocenters. The third kappa shape index (κ3) is 3.50. The monoisotopic (exact) mass is 253 g/mol. The second-order valence-corrected chi connectivity index (χ2v) is 5.91. The summed E-state index contributed by atoms with van der Waals surface area (Å²) in [6.07, 6.45) is 5.02. The molecule has 1 aromatic heterocycles. The fourth-order valence-corrected chi connectivity index (χ4v) is 3.54. The Kier molecular flexibility index (Phi) is 4.95. The molecule has 0 amide bonds. The van der Waals surface area contributed by atoms with Crippen LogP contribution in [-0.4, -0.2) is 30.0 Å². The maximum atomic E-state index is 4.82. The zero-order chi connectivity index (χ0) is 12.1. The van der Waals surface area contributed by atoms with Crippen LogP contribution >= 0.6 is 11.3 Å². The molecule has 17 heavy (non-hydrogen) atoms. The lowest BCUT2D eigenvalue weighted by Gasteiger charge is -2.11. The fraction of sp³-hybridized carbons (Fsp3) is 0.769. The Bertz CT molecular complexity index is 319. The molecule has 3 nitrogen and oxygen atoms in total. The van der Waals surface area contributed by atoms with Gasteiger partial charge in [-0.25, -0.2) is 4.98 Å². The number of hydrogen-bond acceptors (Lipinski definition) is 4. The molecule has 1 fully saturated rings. The number of likely N-dealkylation sites (tertiary alicyclic amines) is 1. The zero-order valence-electron chi connectivity index (χ0n) is 11.0. The highest BCUT2D eigenvalue weighted by molar-refractivity contribution is 7.11. The average molecular weight is 253 g/mol. The minimum absolute atomic E-state index is 0.965. The van der Waals surface area contributed by atoms with Crippen molar-refractivity contribution in [2.75, 3.05) is 20.1 Å². The maximum Gasteiger partial charge on any atom is 0.107 e. The summed E-state index contributed by atoms with van der Waals surface area (Å²) >= 11 is 1.90. The second-order valence-electron chi connectivity index (χ2n) is 4.74. The van der Waals surface area contributed by atoms with Crippen LogP contribution in [0.25, 0.3) is 0 Å². The van der Waals surface area contributed by atoms with Crippen LogP contribution in [0.15, 0.2) is 0 Å². The number of nitrogens with zero attached hydrogens (tertiary/aromatic N) is 2. The highest BCUT2D eigenvalue weighted by Crippen LogP contribution is 2.22. The van der Waals surface area contributed by atoms with Crippen molar-refractivity contribution in [1.29, 1.82) is 0 Å². The molecule has 2 rings (SSSR count). The lowest BCUT2D eigenvalue weighted by molar-refractivity contribution is 0.330. The molecule has 1 saturated heterocycles. The highest BCUT2D eigenvalue weighted by atomic mass is 32.1. The van der Waals surface area contributed by atoms with Gasteiger partial charge in [-0.3, -0.25) is 4.90 Å². The maximum absolute atomic E-state index is 4.82. The van der Waals surface area contributed by atoms with Gasteiger partial charge in [0.1, 0.15) is 5.01 Å². The molecule has 0 spiro atoms. The molecule has 1 aromatic rings. The summed E-state index contributed by atoms with van der Waals surface area (Å²) in [5.41, 5.74) is 1.32. The van der Waals surface area contributed by atoms with E-state index in [-0.39, 0.29) is 0 Å². The van der Waals surface area contributed by atoms with Crippen LogP contribution in [-0.2, 0) is 19.5 Å². The summed E-state index contributed by atoms with van der Waals surface area (Å²) in [6.45, 7) is 6.76. The van der Waals surface area contributed by atoms with Gasteiger partial charge >= 0.3 is 0 Å². The lowest BCUT2D eigenvalue weighted by Crippen LogP contribution is -2.18. The quantitative estimate of drug-likeness (QED) is 0.844. The Balaban J connectivity index is 2.03. The molecule has 1 aliphatic rings. The molecule has 0 bridgehead atoms. The van der Waals surface area contributed by atoms with Crippen LogP contribution in [0.1, 0.15) is 41.8 Å². The van der Waals surface area contributed by atoms with Gasteiger partial charge in [0, 0.05) is 11.4 Å². The van der Waals surface area contributed by atoms with Gasteiger partial charge in [-0.1, -0.05) is 13.3 Å². The van der Waals surface area contributed by atoms with E-state index in [0.717, 1.165) is 19.5 Å². The molecule has 1 N–H and O–H groups in total. The van der Waals surface area contributed by atoms with E-state index >= 15 is 0 Å². The summed E-state index contributed by atoms with van der Waals surface area (Å²) in [5, 5.41) is 4.55. The number of thiazole rings is 1. The van der Waals surface area contributed by atoms with E-state index in [1.54, 1.807) is 0 Å². The molecule has 4 heteroatoms. The van der Waals surface area contributed by atoms with Gasteiger partial charge in [-0.2, -0.15) is 0 Å². The largest absolute Gasteiger partial charge is 0.315 e.